The molecular formula is C19H21N7O. The van der Waals surface area contributed by atoms with Gasteiger partial charge in [0.1, 0.15) is 11.5 Å². The van der Waals surface area contributed by atoms with Gasteiger partial charge in [0.15, 0.2) is 0 Å². The SMILES string of the molecule is Cc1ccc(Nc2cc(C)nc(NCCNC(=O)c3cnccn3)n2)cc1. The van der Waals surface area contributed by atoms with Crippen LogP contribution in [0, 0.1) is 13.8 Å². The number of rotatable bonds is 7. The third kappa shape index (κ3) is 5.46. The first-order valence-corrected chi connectivity index (χ1v) is 8.57. The lowest BCUT2D eigenvalue weighted by molar-refractivity contribution is 0.0950. The molecule has 3 aromatic rings. The highest BCUT2D eigenvalue weighted by Gasteiger charge is 2.06. The van der Waals surface area contributed by atoms with Gasteiger partial charge in [-0.05, 0) is 26.0 Å². The summed E-state index contributed by atoms with van der Waals surface area (Å²) in [4.78, 5) is 28.6. The average molecular weight is 363 g/mol. The van der Waals surface area contributed by atoms with Crippen LogP contribution >= 0.6 is 0 Å². The molecule has 1 amide bonds. The molecule has 0 radical (unpaired) electrons. The van der Waals surface area contributed by atoms with Crippen LogP contribution in [0.25, 0.3) is 0 Å². The lowest BCUT2D eigenvalue weighted by Crippen LogP contribution is -2.29. The minimum atomic E-state index is -0.267. The predicted molar refractivity (Wildman–Crippen MR) is 104 cm³/mol. The molecule has 138 valence electrons. The molecule has 2 heterocycles. The number of aromatic nitrogens is 4. The molecule has 0 fully saturated rings. The van der Waals surface area contributed by atoms with Crippen LogP contribution in [0.3, 0.4) is 0 Å². The van der Waals surface area contributed by atoms with E-state index in [1.165, 1.54) is 24.2 Å². The Morgan fingerprint density at radius 1 is 1.04 bits per heavy atom. The molecule has 0 aliphatic heterocycles. The van der Waals surface area contributed by atoms with E-state index in [4.69, 9.17) is 0 Å². The van der Waals surface area contributed by atoms with Crippen LogP contribution in [-0.2, 0) is 0 Å². The Labute approximate surface area is 157 Å². The van der Waals surface area contributed by atoms with Gasteiger partial charge in [-0.1, -0.05) is 17.7 Å². The summed E-state index contributed by atoms with van der Waals surface area (Å²) in [5.74, 6) is 0.938. The van der Waals surface area contributed by atoms with E-state index >= 15 is 0 Å². The Kier molecular flexibility index (Phi) is 5.88. The van der Waals surface area contributed by atoms with Crippen molar-refractivity contribution in [2.24, 2.45) is 0 Å². The number of anilines is 3. The fourth-order valence-electron chi connectivity index (χ4n) is 2.35. The fourth-order valence-corrected chi connectivity index (χ4v) is 2.35. The topological polar surface area (TPSA) is 105 Å². The second-order valence-corrected chi connectivity index (χ2v) is 5.98. The Hall–Kier alpha value is -3.55. The highest BCUT2D eigenvalue weighted by molar-refractivity contribution is 5.91. The minimum Gasteiger partial charge on any atom is -0.352 e. The lowest BCUT2D eigenvalue weighted by Gasteiger charge is -2.10. The van der Waals surface area contributed by atoms with Crippen molar-refractivity contribution in [3.8, 4) is 0 Å². The first-order chi connectivity index (χ1) is 13.1. The van der Waals surface area contributed by atoms with E-state index in [9.17, 15) is 4.79 Å². The van der Waals surface area contributed by atoms with E-state index in [1.807, 2.05) is 44.2 Å². The Bertz CT molecular complexity index is 898. The van der Waals surface area contributed by atoms with Crippen LogP contribution in [0.4, 0.5) is 17.5 Å². The lowest BCUT2D eigenvalue weighted by atomic mass is 10.2. The second-order valence-electron chi connectivity index (χ2n) is 5.98. The highest BCUT2D eigenvalue weighted by atomic mass is 16.1. The molecule has 0 bridgehead atoms. The summed E-state index contributed by atoms with van der Waals surface area (Å²) in [6, 6.07) is 9.95. The van der Waals surface area contributed by atoms with Crippen molar-refractivity contribution in [1.82, 2.24) is 25.3 Å². The molecule has 0 atom stereocenters. The van der Waals surface area contributed by atoms with Gasteiger partial charge >= 0.3 is 0 Å². The van der Waals surface area contributed by atoms with Crippen LogP contribution < -0.4 is 16.0 Å². The Morgan fingerprint density at radius 3 is 2.59 bits per heavy atom. The molecule has 2 aromatic heterocycles. The van der Waals surface area contributed by atoms with Crippen molar-refractivity contribution in [3.63, 3.8) is 0 Å². The number of nitrogens with one attached hydrogen (secondary N) is 3. The summed E-state index contributed by atoms with van der Waals surface area (Å²) in [6.07, 6.45) is 4.43. The van der Waals surface area contributed by atoms with Crippen molar-refractivity contribution in [1.29, 1.82) is 0 Å². The molecule has 3 N–H and O–H groups in total. The predicted octanol–water partition coefficient (Wildman–Crippen LogP) is 2.47. The van der Waals surface area contributed by atoms with E-state index in [0.29, 0.717) is 24.9 Å². The number of hydrogen-bond acceptors (Lipinski definition) is 7. The molecule has 0 aliphatic rings. The molecule has 0 saturated carbocycles. The van der Waals surface area contributed by atoms with E-state index in [-0.39, 0.29) is 11.6 Å². The summed E-state index contributed by atoms with van der Waals surface area (Å²) in [5, 5.41) is 9.15. The maximum Gasteiger partial charge on any atom is 0.271 e. The van der Waals surface area contributed by atoms with Gasteiger partial charge in [0.25, 0.3) is 5.91 Å². The zero-order valence-corrected chi connectivity index (χ0v) is 15.2. The van der Waals surface area contributed by atoms with Gasteiger partial charge in [-0.15, -0.1) is 0 Å². The maximum absolute atomic E-state index is 11.9. The minimum absolute atomic E-state index is 0.267. The van der Waals surface area contributed by atoms with Crippen LogP contribution in [0.1, 0.15) is 21.7 Å². The van der Waals surface area contributed by atoms with Gasteiger partial charge in [-0.3, -0.25) is 9.78 Å². The van der Waals surface area contributed by atoms with E-state index in [2.05, 4.69) is 35.9 Å². The molecule has 8 heteroatoms. The third-order valence-corrected chi connectivity index (χ3v) is 3.67. The summed E-state index contributed by atoms with van der Waals surface area (Å²) < 4.78 is 0. The Morgan fingerprint density at radius 2 is 1.85 bits per heavy atom. The number of carbonyl (C=O) groups is 1. The van der Waals surface area contributed by atoms with Crippen molar-refractivity contribution < 1.29 is 4.79 Å². The number of aryl methyl sites for hydroxylation is 2. The summed E-state index contributed by atoms with van der Waals surface area (Å²) in [6.45, 7) is 4.85. The summed E-state index contributed by atoms with van der Waals surface area (Å²) >= 11 is 0. The number of nitrogens with zero attached hydrogens (tertiary/aromatic N) is 4. The van der Waals surface area contributed by atoms with Crippen LogP contribution in [0.15, 0.2) is 48.9 Å². The monoisotopic (exact) mass is 363 g/mol. The number of carbonyl (C=O) groups excluding carboxylic acids is 1. The van der Waals surface area contributed by atoms with Gasteiger partial charge in [0.05, 0.1) is 6.20 Å². The maximum atomic E-state index is 11.9. The van der Waals surface area contributed by atoms with Crippen LogP contribution in [0.2, 0.25) is 0 Å². The molecule has 0 aliphatic carbocycles. The standard InChI is InChI=1S/C19H21N7O/c1-13-3-5-15(6-4-13)25-17-11-14(2)24-19(26-17)23-10-9-22-18(27)16-12-20-7-8-21-16/h3-8,11-12H,9-10H2,1-2H3,(H,22,27)(H2,23,24,25,26). The van der Waals surface area contributed by atoms with Gasteiger partial charge < -0.3 is 16.0 Å². The molecule has 0 unspecified atom stereocenters. The molecular weight excluding hydrogens is 342 g/mol. The number of hydrogen-bond donors (Lipinski definition) is 3. The highest BCUT2D eigenvalue weighted by Crippen LogP contribution is 2.17. The van der Waals surface area contributed by atoms with Crippen molar-refractivity contribution in [3.05, 3.63) is 65.9 Å². The van der Waals surface area contributed by atoms with Crippen molar-refractivity contribution in [2.45, 2.75) is 13.8 Å². The molecule has 27 heavy (non-hydrogen) atoms. The molecule has 8 nitrogen and oxygen atoms in total. The summed E-state index contributed by atoms with van der Waals surface area (Å²) in [5.41, 5.74) is 3.28. The zero-order chi connectivity index (χ0) is 19.1. The normalized spacial score (nSPS) is 10.3. The molecule has 3 rings (SSSR count). The molecule has 0 saturated heterocycles. The first-order valence-electron chi connectivity index (χ1n) is 8.57. The van der Waals surface area contributed by atoms with E-state index < -0.39 is 0 Å². The molecule has 1 aromatic carbocycles. The van der Waals surface area contributed by atoms with Gasteiger partial charge in [-0.25, -0.2) is 9.97 Å². The Balaban J connectivity index is 1.53. The van der Waals surface area contributed by atoms with Crippen molar-refractivity contribution in [2.75, 3.05) is 23.7 Å². The van der Waals surface area contributed by atoms with E-state index in [1.54, 1.807) is 0 Å². The van der Waals surface area contributed by atoms with E-state index in [0.717, 1.165) is 11.4 Å². The number of benzene rings is 1. The van der Waals surface area contributed by atoms with Crippen molar-refractivity contribution >= 4 is 23.4 Å². The average Bonchev–Trinajstić information content (AvgIpc) is 2.67. The van der Waals surface area contributed by atoms with Crippen LogP contribution in [-0.4, -0.2) is 38.9 Å². The fraction of sp³-hybridized carbons (Fsp3) is 0.211. The van der Waals surface area contributed by atoms with Crippen LogP contribution in [0.5, 0.6) is 0 Å². The number of amides is 1. The second kappa shape index (κ2) is 8.70. The third-order valence-electron chi connectivity index (χ3n) is 3.67. The van der Waals surface area contributed by atoms with Gasteiger partial charge in [0, 0.05) is 42.9 Å². The van der Waals surface area contributed by atoms with Gasteiger partial charge in [-0.2, -0.15) is 4.98 Å². The smallest absolute Gasteiger partial charge is 0.271 e. The zero-order valence-electron chi connectivity index (χ0n) is 15.2. The summed E-state index contributed by atoms with van der Waals surface area (Å²) in [7, 11) is 0. The first kappa shape index (κ1) is 18.2. The van der Waals surface area contributed by atoms with Gasteiger partial charge in [0.2, 0.25) is 5.95 Å². The molecule has 0 spiro atoms. The quantitative estimate of drug-likeness (QED) is 0.554. The largest absolute Gasteiger partial charge is 0.352 e.